The van der Waals surface area contributed by atoms with E-state index in [1.54, 1.807) is 0 Å². The largest absolute Gasteiger partial charge is 0.443 e. The molecule has 8 rings (SSSR count). The van der Waals surface area contributed by atoms with Crippen LogP contribution in [-0.4, -0.2) is 14.1 Å². The maximum atomic E-state index is 5.50. The first-order valence-electron chi connectivity index (χ1n) is 11.7. The lowest BCUT2D eigenvalue weighted by Gasteiger charge is -2.10. The van der Waals surface area contributed by atoms with E-state index in [-0.39, 0.29) is 0 Å². The molecule has 0 unspecified atom stereocenters. The highest BCUT2D eigenvalue weighted by molar-refractivity contribution is 6.26. The molecular formula is C31H19N3O. The van der Waals surface area contributed by atoms with Crippen molar-refractivity contribution in [2.75, 3.05) is 0 Å². The molecule has 0 atom stereocenters. The number of para-hydroxylation sites is 3. The van der Waals surface area contributed by atoms with E-state index in [1.165, 1.54) is 50.0 Å². The van der Waals surface area contributed by atoms with Crippen LogP contribution in [0.3, 0.4) is 0 Å². The molecule has 5 aromatic carbocycles. The molecular weight excluding hydrogens is 430 g/mol. The standard InChI is InChI=1S/C31H19N3O/c1-2-8-20(9-3-1)34-26-12-6-4-10-22(26)23-15-16-28-30(31(23)34)24-11-5-7-13-27(24)33(28)21-14-17-29-25(18-21)32-19-35-29/h1-19H. The van der Waals surface area contributed by atoms with Gasteiger partial charge in [0.2, 0.25) is 0 Å². The van der Waals surface area contributed by atoms with Crippen molar-refractivity contribution in [2.45, 2.75) is 0 Å². The Morgan fingerprint density at radius 3 is 2.14 bits per heavy atom. The molecule has 4 heteroatoms. The van der Waals surface area contributed by atoms with Crippen LogP contribution >= 0.6 is 0 Å². The van der Waals surface area contributed by atoms with Crippen molar-refractivity contribution < 1.29 is 4.42 Å². The number of hydrogen-bond donors (Lipinski definition) is 0. The summed E-state index contributed by atoms with van der Waals surface area (Å²) in [4.78, 5) is 4.40. The Kier molecular flexibility index (Phi) is 3.63. The first-order valence-corrected chi connectivity index (χ1v) is 11.7. The lowest BCUT2D eigenvalue weighted by Crippen LogP contribution is -1.95. The number of rotatable bonds is 2. The van der Waals surface area contributed by atoms with Crippen LogP contribution in [0.25, 0.3) is 66.1 Å². The summed E-state index contributed by atoms with van der Waals surface area (Å²) in [6.45, 7) is 0. The summed E-state index contributed by atoms with van der Waals surface area (Å²) < 4.78 is 10.2. The van der Waals surface area contributed by atoms with Gasteiger partial charge in [-0.25, -0.2) is 4.98 Å². The molecule has 0 amide bonds. The van der Waals surface area contributed by atoms with Crippen LogP contribution in [0.1, 0.15) is 0 Å². The molecule has 164 valence electrons. The van der Waals surface area contributed by atoms with Crippen molar-refractivity contribution in [3.8, 4) is 11.4 Å². The highest BCUT2D eigenvalue weighted by Gasteiger charge is 2.20. The number of benzene rings is 5. The zero-order chi connectivity index (χ0) is 22.9. The molecule has 4 nitrogen and oxygen atoms in total. The Labute approximate surface area is 200 Å². The number of oxazole rings is 1. The predicted molar refractivity (Wildman–Crippen MR) is 143 cm³/mol. The Morgan fingerprint density at radius 2 is 1.29 bits per heavy atom. The number of fused-ring (bicyclic) bond motifs is 8. The quantitative estimate of drug-likeness (QED) is 0.268. The summed E-state index contributed by atoms with van der Waals surface area (Å²) in [5.74, 6) is 0. The van der Waals surface area contributed by atoms with Gasteiger partial charge in [0.05, 0.1) is 22.1 Å². The van der Waals surface area contributed by atoms with Crippen LogP contribution in [0.2, 0.25) is 0 Å². The van der Waals surface area contributed by atoms with Crippen LogP contribution in [0, 0.1) is 0 Å². The minimum absolute atomic E-state index is 0.793. The molecule has 35 heavy (non-hydrogen) atoms. The van der Waals surface area contributed by atoms with E-state index in [0.717, 1.165) is 22.5 Å². The highest BCUT2D eigenvalue weighted by atomic mass is 16.3. The zero-order valence-corrected chi connectivity index (χ0v) is 18.7. The van der Waals surface area contributed by atoms with E-state index in [4.69, 9.17) is 4.42 Å². The summed E-state index contributed by atoms with van der Waals surface area (Å²) >= 11 is 0. The molecule has 0 bridgehead atoms. The Morgan fingerprint density at radius 1 is 0.543 bits per heavy atom. The average Bonchev–Trinajstić information content (AvgIpc) is 3.60. The molecule has 0 spiro atoms. The van der Waals surface area contributed by atoms with E-state index in [9.17, 15) is 0 Å². The van der Waals surface area contributed by atoms with Gasteiger partial charge in [-0.05, 0) is 48.5 Å². The van der Waals surface area contributed by atoms with Gasteiger partial charge in [0.1, 0.15) is 5.52 Å². The number of hydrogen-bond acceptors (Lipinski definition) is 2. The molecule has 8 aromatic rings. The van der Waals surface area contributed by atoms with Gasteiger partial charge in [0.25, 0.3) is 0 Å². The number of nitrogens with zero attached hydrogens (tertiary/aromatic N) is 3. The zero-order valence-electron chi connectivity index (χ0n) is 18.7. The van der Waals surface area contributed by atoms with Crippen molar-refractivity contribution in [1.29, 1.82) is 0 Å². The third-order valence-corrected chi connectivity index (χ3v) is 7.06. The Bertz CT molecular complexity index is 2060. The lowest BCUT2D eigenvalue weighted by atomic mass is 10.1. The molecule has 0 aliphatic rings. The fraction of sp³-hybridized carbons (Fsp3) is 0. The average molecular weight is 450 g/mol. The normalized spacial score (nSPS) is 12.0. The molecule has 0 N–H and O–H groups in total. The second kappa shape index (κ2) is 6.84. The van der Waals surface area contributed by atoms with E-state index < -0.39 is 0 Å². The second-order valence-electron chi connectivity index (χ2n) is 8.90. The minimum Gasteiger partial charge on any atom is -0.443 e. The molecule has 0 fully saturated rings. The van der Waals surface area contributed by atoms with Gasteiger partial charge >= 0.3 is 0 Å². The summed E-state index contributed by atoms with van der Waals surface area (Å²) in [5, 5.41) is 4.99. The lowest BCUT2D eigenvalue weighted by molar-refractivity contribution is 0.602. The Balaban J connectivity index is 1.61. The van der Waals surface area contributed by atoms with Crippen molar-refractivity contribution in [3.05, 3.63) is 116 Å². The third kappa shape index (κ3) is 2.48. The predicted octanol–water partition coefficient (Wildman–Crippen LogP) is 8.02. The first-order chi connectivity index (χ1) is 17.4. The molecule has 0 aliphatic carbocycles. The molecule has 0 aliphatic heterocycles. The fourth-order valence-corrected chi connectivity index (χ4v) is 5.62. The summed E-state index contributed by atoms with van der Waals surface area (Å²) in [5.41, 5.74) is 8.65. The van der Waals surface area contributed by atoms with Gasteiger partial charge in [0, 0.05) is 32.9 Å². The SMILES string of the molecule is c1ccc(-n2c3ccccc3c3ccc4c(c5ccccc5n4-c4ccc5ocnc5c4)c32)cc1. The van der Waals surface area contributed by atoms with Gasteiger partial charge in [-0.2, -0.15) is 0 Å². The van der Waals surface area contributed by atoms with Crippen molar-refractivity contribution >= 4 is 54.7 Å². The van der Waals surface area contributed by atoms with Crippen LogP contribution in [0.4, 0.5) is 0 Å². The van der Waals surface area contributed by atoms with Crippen LogP contribution in [0.15, 0.2) is 120 Å². The van der Waals surface area contributed by atoms with E-state index >= 15 is 0 Å². The van der Waals surface area contributed by atoms with Gasteiger partial charge in [0.15, 0.2) is 12.0 Å². The van der Waals surface area contributed by atoms with E-state index in [2.05, 4.69) is 117 Å². The fourth-order valence-electron chi connectivity index (χ4n) is 5.62. The molecule has 3 aromatic heterocycles. The van der Waals surface area contributed by atoms with Gasteiger partial charge in [-0.1, -0.05) is 60.7 Å². The van der Waals surface area contributed by atoms with Crippen molar-refractivity contribution in [3.63, 3.8) is 0 Å². The smallest absolute Gasteiger partial charge is 0.181 e. The van der Waals surface area contributed by atoms with Crippen LogP contribution in [-0.2, 0) is 0 Å². The van der Waals surface area contributed by atoms with Crippen LogP contribution < -0.4 is 0 Å². The molecule has 0 saturated carbocycles. The number of aromatic nitrogens is 3. The molecule has 0 radical (unpaired) electrons. The topological polar surface area (TPSA) is 35.9 Å². The van der Waals surface area contributed by atoms with Gasteiger partial charge in [-0.15, -0.1) is 0 Å². The maximum absolute atomic E-state index is 5.50. The van der Waals surface area contributed by atoms with Crippen molar-refractivity contribution in [2.24, 2.45) is 0 Å². The maximum Gasteiger partial charge on any atom is 0.181 e. The minimum atomic E-state index is 0.793. The Hall–Kier alpha value is -4.83. The molecule has 0 saturated heterocycles. The summed E-state index contributed by atoms with van der Waals surface area (Å²) in [7, 11) is 0. The first kappa shape index (κ1) is 18.6. The van der Waals surface area contributed by atoms with Gasteiger partial charge in [-0.3, -0.25) is 0 Å². The van der Waals surface area contributed by atoms with E-state index in [1.807, 2.05) is 6.07 Å². The second-order valence-corrected chi connectivity index (χ2v) is 8.90. The monoisotopic (exact) mass is 449 g/mol. The van der Waals surface area contributed by atoms with Crippen LogP contribution in [0.5, 0.6) is 0 Å². The van der Waals surface area contributed by atoms with Gasteiger partial charge < -0.3 is 13.6 Å². The summed E-state index contributed by atoms with van der Waals surface area (Å²) in [6, 6.07) is 38.7. The van der Waals surface area contributed by atoms with Crippen molar-refractivity contribution in [1.82, 2.24) is 14.1 Å². The highest BCUT2D eigenvalue weighted by Crippen LogP contribution is 2.41. The molecule has 3 heterocycles. The third-order valence-electron chi connectivity index (χ3n) is 7.06. The van der Waals surface area contributed by atoms with E-state index in [0.29, 0.717) is 0 Å². The summed E-state index contributed by atoms with van der Waals surface area (Å²) in [6.07, 6.45) is 1.50.